The lowest BCUT2D eigenvalue weighted by molar-refractivity contribution is -0.142. The Morgan fingerprint density at radius 2 is 1.90 bits per heavy atom. The minimum atomic E-state index is -0.641. The van der Waals surface area contributed by atoms with Crippen LogP contribution in [0, 0.1) is 0 Å². The molecule has 0 aliphatic heterocycles. The van der Waals surface area contributed by atoms with Crippen LogP contribution in [0.4, 0.5) is 11.6 Å². The van der Waals surface area contributed by atoms with Crippen molar-refractivity contribution in [3.05, 3.63) is 35.7 Å². The molecule has 0 aliphatic carbocycles. The van der Waals surface area contributed by atoms with Crippen LogP contribution in [-0.4, -0.2) is 47.0 Å². The number of aryl methyl sites for hydroxylation is 1. The lowest BCUT2D eigenvalue weighted by Crippen LogP contribution is -2.13. The number of aromatic nitrogens is 3. The van der Waals surface area contributed by atoms with Gasteiger partial charge < -0.3 is 19.5 Å². The van der Waals surface area contributed by atoms with Gasteiger partial charge in [0.05, 0.1) is 13.7 Å². The van der Waals surface area contributed by atoms with Gasteiger partial charge in [0.15, 0.2) is 0 Å². The highest BCUT2D eigenvalue weighted by molar-refractivity contribution is 5.85. The second kappa shape index (κ2) is 11.8. The molecule has 158 valence electrons. The molecule has 9 heteroatoms. The first kappa shape index (κ1) is 22.4. The Labute approximate surface area is 170 Å². The predicted molar refractivity (Wildman–Crippen MR) is 107 cm³/mol. The maximum atomic E-state index is 11.8. The number of nitrogens with zero attached hydrogens (tertiary/aromatic N) is 3. The van der Waals surface area contributed by atoms with Gasteiger partial charge in [-0.25, -0.2) is 9.48 Å². The normalized spacial score (nSPS) is 10.6. The summed E-state index contributed by atoms with van der Waals surface area (Å²) in [6, 6.07) is 8.05. The summed E-state index contributed by atoms with van der Waals surface area (Å²) in [6.07, 6.45) is 4.63. The van der Waals surface area contributed by atoms with E-state index in [0.29, 0.717) is 5.95 Å². The van der Waals surface area contributed by atoms with Crippen molar-refractivity contribution in [1.29, 1.82) is 0 Å². The summed E-state index contributed by atoms with van der Waals surface area (Å²) in [5, 5.41) is 7.25. The Hall–Kier alpha value is -2.94. The monoisotopic (exact) mass is 404 g/mol. The van der Waals surface area contributed by atoms with E-state index in [1.165, 1.54) is 43.5 Å². The summed E-state index contributed by atoms with van der Waals surface area (Å²) in [5.74, 6) is -0.743. The van der Waals surface area contributed by atoms with E-state index < -0.39 is 5.97 Å². The highest BCUT2D eigenvalue weighted by atomic mass is 16.6. The average molecular weight is 404 g/mol. The van der Waals surface area contributed by atoms with Crippen molar-refractivity contribution in [2.45, 2.75) is 46.3 Å². The van der Waals surface area contributed by atoms with Gasteiger partial charge in [-0.15, -0.1) is 5.10 Å². The zero-order chi connectivity index (χ0) is 21.1. The van der Waals surface area contributed by atoms with Crippen molar-refractivity contribution in [2.75, 3.05) is 25.6 Å². The second-order valence-electron chi connectivity index (χ2n) is 6.41. The van der Waals surface area contributed by atoms with Crippen molar-refractivity contribution < 1.29 is 23.8 Å². The van der Waals surface area contributed by atoms with Crippen LogP contribution in [0.1, 0.15) is 49.3 Å². The van der Waals surface area contributed by atoms with Gasteiger partial charge in [0.1, 0.15) is 13.3 Å². The Kier molecular flexibility index (Phi) is 9.10. The third-order valence-electron chi connectivity index (χ3n) is 4.07. The lowest BCUT2D eigenvalue weighted by Gasteiger charge is -2.09. The lowest BCUT2D eigenvalue weighted by atomic mass is 10.1. The Bertz CT molecular complexity index is 789. The molecule has 0 saturated carbocycles. The number of esters is 2. The number of unbranched alkanes of at least 4 members (excludes halogenated alkanes) is 2. The Morgan fingerprint density at radius 3 is 2.55 bits per heavy atom. The molecule has 0 bridgehead atoms. The maximum Gasteiger partial charge on any atom is 0.378 e. The fraction of sp³-hybridized carbons (Fsp3) is 0.500. The molecule has 1 heterocycles. The number of rotatable bonds is 12. The molecule has 9 nitrogen and oxygen atoms in total. The zero-order valence-corrected chi connectivity index (χ0v) is 17.1. The summed E-state index contributed by atoms with van der Waals surface area (Å²) >= 11 is 0. The second-order valence-corrected chi connectivity index (χ2v) is 6.41. The number of nitrogens with one attached hydrogen (secondary N) is 1. The summed E-state index contributed by atoms with van der Waals surface area (Å²) < 4.78 is 16.3. The number of ether oxygens (including phenoxy) is 3. The van der Waals surface area contributed by atoms with E-state index in [9.17, 15) is 9.59 Å². The van der Waals surface area contributed by atoms with Crippen LogP contribution in [0.5, 0.6) is 0 Å². The minimum Gasteiger partial charge on any atom is -0.463 e. The van der Waals surface area contributed by atoms with Crippen LogP contribution >= 0.6 is 0 Å². The molecular formula is C20H28N4O5. The molecule has 0 spiro atoms. The quantitative estimate of drug-likeness (QED) is 0.425. The molecule has 1 aromatic heterocycles. The van der Waals surface area contributed by atoms with Gasteiger partial charge in [0, 0.05) is 12.6 Å². The molecule has 0 aliphatic rings. The number of hydrogen-bond acceptors (Lipinski definition) is 8. The summed E-state index contributed by atoms with van der Waals surface area (Å²) in [7, 11) is 1.27. The molecule has 0 atom stereocenters. The highest BCUT2D eigenvalue weighted by Crippen LogP contribution is 2.17. The minimum absolute atomic E-state index is 0.0305. The number of methoxy groups -OCH3 is 1. The number of carbonyl (C=O) groups is 2. The van der Waals surface area contributed by atoms with E-state index in [1.54, 1.807) is 0 Å². The SMILES string of the molecule is CCCCCc1ccc(Nc2nc(C(=O)OC)nn2COCCOC(C)=O)cc1. The Morgan fingerprint density at radius 1 is 1.14 bits per heavy atom. The number of anilines is 2. The summed E-state index contributed by atoms with van der Waals surface area (Å²) in [5.41, 5.74) is 2.09. The van der Waals surface area contributed by atoms with Crippen molar-refractivity contribution in [1.82, 2.24) is 14.8 Å². The molecule has 0 radical (unpaired) electrons. The standard InChI is InChI=1S/C20H28N4O5/c1-4-5-6-7-16-8-10-17(11-9-16)21-20-22-18(19(26)27-3)23-24(20)14-28-12-13-29-15(2)25/h8-11H,4-7,12-14H2,1-3H3,(H,21,22,23). The molecular weight excluding hydrogens is 376 g/mol. The number of benzene rings is 1. The molecule has 2 rings (SSSR count). The van der Waals surface area contributed by atoms with Gasteiger partial charge in [-0.3, -0.25) is 4.79 Å². The molecule has 0 unspecified atom stereocenters. The number of carbonyl (C=O) groups excluding carboxylic acids is 2. The largest absolute Gasteiger partial charge is 0.463 e. The molecule has 1 N–H and O–H groups in total. The van der Waals surface area contributed by atoms with Gasteiger partial charge in [-0.2, -0.15) is 4.98 Å². The van der Waals surface area contributed by atoms with E-state index in [2.05, 4.69) is 39.2 Å². The van der Waals surface area contributed by atoms with Crippen molar-refractivity contribution in [3.8, 4) is 0 Å². The van der Waals surface area contributed by atoms with Crippen LogP contribution < -0.4 is 5.32 Å². The molecule has 0 saturated heterocycles. The first-order valence-electron chi connectivity index (χ1n) is 9.63. The van der Waals surface area contributed by atoms with Crippen molar-refractivity contribution in [2.24, 2.45) is 0 Å². The van der Waals surface area contributed by atoms with Crippen LogP contribution in [0.15, 0.2) is 24.3 Å². The van der Waals surface area contributed by atoms with E-state index in [1.807, 2.05) is 12.1 Å². The molecule has 0 fully saturated rings. The highest BCUT2D eigenvalue weighted by Gasteiger charge is 2.17. The smallest absolute Gasteiger partial charge is 0.378 e. The van der Waals surface area contributed by atoms with E-state index in [4.69, 9.17) is 9.47 Å². The predicted octanol–water partition coefficient (Wildman–Crippen LogP) is 3.08. The van der Waals surface area contributed by atoms with Crippen molar-refractivity contribution >= 4 is 23.6 Å². The van der Waals surface area contributed by atoms with E-state index >= 15 is 0 Å². The van der Waals surface area contributed by atoms with Crippen LogP contribution in [-0.2, 0) is 32.2 Å². The van der Waals surface area contributed by atoms with Gasteiger partial charge in [0.2, 0.25) is 5.95 Å². The summed E-state index contributed by atoms with van der Waals surface area (Å²) in [4.78, 5) is 26.7. The van der Waals surface area contributed by atoms with Crippen LogP contribution in [0.3, 0.4) is 0 Å². The zero-order valence-electron chi connectivity index (χ0n) is 17.1. The fourth-order valence-electron chi connectivity index (χ4n) is 2.56. The molecule has 0 amide bonds. The summed E-state index contributed by atoms with van der Waals surface area (Å²) in [6.45, 7) is 3.88. The number of hydrogen-bond donors (Lipinski definition) is 1. The maximum absolute atomic E-state index is 11.8. The fourth-order valence-corrected chi connectivity index (χ4v) is 2.56. The van der Waals surface area contributed by atoms with Gasteiger partial charge >= 0.3 is 11.9 Å². The van der Waals surface area contributed by atoms with Gasteiger partial charge in [-0.05, 0) is 30.5 Å². The van der Waals surface area contributed by atoms with E-state index in [-0.39, 0.29) is 31.7 Å². The first-order valence-corrected chi connectivity index (χ1v) is 9.63. The molecule has 29 heavy (non-hydrogen) atoms. The van der Waals surface area contributed by atoms with Crippen LogP contribution in [0.2, 0.25) is 0 Å². The van der Waals surface area contributed by atoms with E-state index in [0.717, 1.165) is 12.1 Å². The molecule has 1 aromatic carbocycles. The average Bonchev–Trinajstić information content (AvgIpc) is 3.11. The van der Waals surface area contributed by atoms with Gasteiger partial charge in [-0.1, -0.05) is 31.9 Å². The third kappa shape index (κ3) is 7.53. The van der Waals surface area contributed by atoms with Gasteiger partial charge in [0.25, 0.3) is 5.82 Å². The third-order valence-corrected chi connectivity index (χ3v) is 4.07. The first-order chi connectivity index (χ1) is 14.0. The Balaban J connectivity index is 2.02. The molecule has 2 aromatic rings. The van der Waals surface area contributed by atoms with Crippen LogP contribution in [0.25, 0.3) is 0 Å². The van der Waals surface area contributed by atoms with Crippen molar-refractivity contribution in [3.63, 3.8) is 0 Å². The topological polar surface area (TPSA) is 105 Å².